The van der Waals surface area contributed by atoms with Gasteiger partial charge in [-0.25, -0.2) is 8.78 Å². The number of carbonyl (C=O) groups is 1. The monoisotopic (exact) mass is 298 g/mol. The van der Waals surface area contributed by atoms with Crippen molar-refractivity contribution in [3.05, 3.63) is 35.4 Å². The van der Waals surface area contributed by atoms with Crippen molar-refractivity contribution in [2.75, 3.05) is 0 Å². The summed E-state index contributed by atoms with van der Waals surface area (Å²) >= 11 is 0. The molecule has 2 nitrogen and oxygen atoms in total. The third kappa shape index (κ3) is 2.32. The lowest BCUT2D eigenvalue weighted by Gasteiger charge is -2.37. The number of fused-ring (bicyclic) bond motifs is 2. The highest BCUT2D eigenvalue weighted by atomic mass is 32.2. The fourth-order valence-electron chi connectivity index (χ4n) is 3.39. The Morgan fingerprint density at radius 1 is 1.10 bits per heavy atom. The minimum atomic E-state index is -0.880. The average Bonchev–Trinajstić information content (AvgIpc) is 2.37. The van der Waals surface area contributed by atoms with Gasteiger partial charge in [-0.2, -0.15) is 0 Å². The van der Waals surface area contributed by atoms with E-state index in [1.807, 2.05) is 0 Å². The van der Waals surface area contributed by atoms with Crippen LogP contribution in [0.15, 0.2) is 18.2 Å². The molecule has 0 radical (unpaired) electrons. The van der Waals surface area contributed by atoms with Crippen molar-refractivity contribution in [3.63, 3.8) is 0 Å². The van der Waals surface area contributed by atoms with E-state index >= 15 is 0 Å². The van der Waals surface area contributed by atoms with Gasteiger partial charge in [-0.3, -0.25) is 9.00 Å². The highest BCUT2D eigenvalue weighted by Gasteiger charge is 2.41. The van der Waals surface area contributed by atoms with Crippen LogP contribution in [-0.2, 0) is 10.8 Å². The molecule has 0 amide bonds. The van der Waals surface area contributed by atoms with Gasteiger partial charge in [-0.05, 0) is 37.8 Å². The van der Waals surface area contributed by atoms with Gasteiger partial charge in [0.15, 0.2) is 5.78 Å². The smallest absolute Gasteiger partial charge is 0.171 e. The Balaban J connectivity index is 1.87. The average molecular weight is 298 g/mol. The topological polar surface area (TPSA) is 34.1 Å². The van der Waals surface area contributed by atoms with E-state index < -0.39 is 39.7 Å². The molecule has 0 aromatic heterocycles. The van der Waals surface area contributed by atoms with E-state index in [9.17, 15) is 17.8 Å². The summed E-state index contributed by atoms with van der Waals surface area (Å²) < 4.78 is 39.5. The number of ketones is 1. The van der Waals surface area contributed by atoms with Gasteiger partial charge in [0.25, 0.3) is 0 Å². The second-order valence-corrected chi connectivity index (χ2v) is 7.62. The van der Waals surface area contributed by atoms with Crippen molar-refractivity contribution in [3.8, 4) is 0 Å². The van der Waals surface area contributed by atoms with Crippen LogP contribution in [0, 0.1) is 17.6 Å². The van der Waals surface area contributed by atoms with Crippen molar-refractivity contribution in [2.24, 2.45) is 5.92 Å². The van der Waals surface area contributed by atoms with Crippen molar-refractivity contribution < 1.29 is 17.8 Å². The van der Waals surface area contributed by atoms with E-state index in [1.165, 1.54) is 6.07 Å². The first kappa shape index (κ1) is 13.9. The molecular formula is C15H16F2O2S. The SMILES string of the molecule is O=C(c1c(F)cccc1F)C1CC2CCCC(C1)S2=O. The third-order valence-electron chi connectivity index (χ3n) is 4.38. The molecule has 1 aromatic carbocycles. The lowest BCUT2D eigenvalue weighted by molar-refractivity contribution is 0.0886. The molecule has 3 rings (SSSR count). The van der Waals surface area contributed by atoms with Gasteiger partial charge in [-0.15, -0.1) is 0 Å². The van der Waals surface area contributed by atoms with Gasteiger partial charge in [0.05, 0.1) is 5.56 Å². The number of halogens is 2. The zero-order valence-electron chi connectivity index (χ0n) is 11.0. The van der Waals surface area contributed by atoms with Gasteiger partial charge >= 0.3 is 0 Å². The second kappa shape index (κ2) is 5.35. The molecule has 20 heavy (non-hydrogen) atoms. The lowest BCUT2D eigenvalue weighted by Crippen LogP contribution is -2.41. The van der Waals surface area contributed by atoms with Crippen LogP contribution in [0.25, 0.3) is 0 Å². The highest BCUT2D eigenvalue weighted by molar-refractivity contribution is 7.86. The van der Waals surface area contributed by atoms with Crippen LogP contribution in [0.5, 0.6) is 0 Å². The maximum absolute atomic E-state index is 13.7. The Labute approximate surface area is 119 Å². The molecule has 0 N–H and O–H groups in total. The minimum Gasteiger partial charge on any atom is -0.294 e. The van der Waals surface area contributed by atoms with Crippen LogP contribution in [-0.4, -0.2) is 20.5 Å². The molecule has 2 aliphatic heterocycles. The molecule has 0 spiro atoms. The summed E-state index contributed by atoms with van der Waals surface area (Å²) in [4.78, 5) is 12.4. The first-order chi connectivity index (χ1) is 9.58. The molecule has 1 aromatic rings. The summed E-state index contributed by atoms with van der Waals surface area (Å²) in [6.07, 6.45) is 3.74. The van der Waals surface area contributed by atoms with Crippen molar-refractivity contribution in [1.82, 2.24) is 0 Å². The van der Waals surface area contributed by atoms with Gasteiger partial charge in [-0.1, -0.05) is 12.5 Å². The molecule has 2 bridgehead atoms. The number of rotatable bonds is 2. The standard InChI is InChI=1S/C15H16F2O2S/c16-12-5-2-6-13(17)14(12)15(18)9-7-10-3-1-4-11(8-9)20(10)19/h2,5-6,9-11H,1,3-4,7-8H2. The first-order valence-electron chi connectivity index (χ1n) is 6.95. The Hall–Kier alpha value is -1.10. The van der Waals surface area contributed by atoms with Gasteiger partial charge in [0, 0.05) is 27.2 Å². The van der Waals surface area contributed by atoms with Gasteiger partial charge in [0.2, 0.25) is 0 Å². The molecule has 0 aliphatic carbocycles. The molecule has 2 fully saturated rings. The van der Waals surface area contributed by atoms with Gasteiger partial charge in [0.1, 0.15) is 11.6 Å². The summed E-state index contributed by atoms with van der Waals surface area (Å²) in [7, 11) is -0.880. The minimum absolute atomic E-state index is 0.0197. The summed E-state index contributed by atoms with van der Waals surface area (Å²) in [6.45, 7) is 0. The zero-order valence-corrected chi connectivity index (χ0v) is 11.8. The largest absolute Gasteiger partial charge is 0.294 e. The normalized spacial score (nSPS) is 32.9. The molecule has 2 atom stereocenters. The summed E-state index contributed by atoms with van der Waals surface area (Å²) in [5, 5.41) is 0.0394. The Kier molecular flexibility index (Phi) is 3.71. The number of Topliss-reactive ketones (excluding diaryl/α,β-unsaturated/α-hetero) is 1. The zero-order chi connectivity index (χ0) is 14.3. The molecule has 2 unspecified atom stereocenters. The van der Waals surface area contributed by atoms with E-state index in [-0.39, 0.29) is 10.5 Å². The number of hydrogen-bond donors (Lipinski definition) is 0. The number of hydrogen-bond acceptors (Lipinski definition) is 2. The summed E-state index contributed by atoms with van der Waals surface area (Å²) in [5.41, 5.74) is -0.428. The van der Waals surface area contributed by atoms with Crippen LogP contribution in [0.2, 0.25) is 0 Å². The molecule has 2 saturated heterocycles. The van der Waals surface area contributed by atoms with E-state index in [4.69, 9.17) is 0 Å². The molecule has 2 aliphatic rings. The maximum Gasteiger partial charge on any atom is 0.171 e. The molecule has 5 heteroatoms. The quantitative estimate of drug-likeness (QED) is 0.786. The van der Waals surface area contributed by atoms with Crippen molar-refractivity contribution in [2.45, 2.75) is 42.6 Å². The fraction of sp³-hybridized carbons (Fsp3) is 0.533. The summed E-state index contributed by atoms with van der Waals surface area (Å²) in [5.74, 6) is -2.46. The van der Waals surface area contributed by atoms with Crippen LogP contribution in [0.4, 0.5) is 8.78 Å². The third-order valence-corrected chi connectivity index (χ3v) is 6.55. The van der Waals surface area contributed by atoms with E-state index in [2.05, 4.69) is 0 Å². The predicted molar refractivity (Wildman–Crippen MR) is 73.0 cm³/mol. The lowest BCUT2D eigenvalue weighted by atomic mass is 9.84. The van der Waals surface area contributed by atoms with Crippen LogP contribution in [0.1, 0.15) is 42.5 Å². The Morgan fingerprint density at radius 2 is 1.65 bits per heavy atom. The van der Waals surface area contributed by atoms with Crippen molar-refractivity contribution in [1.29, 1.82) is 0 Å². The predicted octanol–water partition coefficient (Wildman–Crippen LogP) is 3.23. The molecule has 108 valence electrons. The van der Waals surface area contributed by atoms with E-state index in [1.54, 1.807) is 0 Å². The molecule has 2 heterocycles. The number of benzene rings is 1. The van der Waals surface area contributed by atoms with Crippen LogP contribution < -0.4 is 0 Å². The highest BCUT2D eigenvalue weighted by Crippen LogP contribution is 2.38. The first-order valence-corrected chi connectivity index (χ1v) is 8.23. The van der Waals surface area contributed by atoms with Crippen molar-refractivity contribution >= 4 is 16.6 Å². The van der Waals surface area contributed by atoms with Crippen LogP contribution >= 0.6 is 0 Å². The van der Waals surface area contributed by atoms with E-state index in [0.717, 1.165) is 31.4 Å². The van der Waals surface area contributed by atoms with E-state index in [0.29, 0.717) is 12.8 Å². The molecule has 0 saturated carbocycles. The van der Waals surface area contributed by atoms with Gasteiger partial charge < -0.3 is 0 Å². The summed E-state index contributed by atoms with van der Waals surface area (Å²) in [6, 6.07) is 3.47. The fourth-order valence-corrected chi connectivity index (χ4v) is 5.57. The maximum atomic E-state index is 13.7. The second-order valence-electron chi connectivity index (χ2n) is 5.63. The van der Waals surface area contributed by atoms with Crippen LogP contribution in [0.3, 0.4) is 0 Å². The Bertz CT molecular complexity index is 537. The Morgan fingerprint density at radius 3 is 2.20 bits per heavy atom. The molecular weight excluding hydrogens is 282 g/mol. The number of carbonyl (C=O) groups excluding carboxylic acids is 1.